The van der Waals surface area contributed by atoms with Gasteiger partial charge in [-0.1, -0.05) is 20.3 Å². The van der Waals surface area contributed by atoms with Gasteiger partial charge in [0.2, 0.25) is 0 Å². The van der Waals surface area contributed by atoms with Gasteiger partial charge in [0.1, 0.15) is 5.82 Å². The minimum absolute atomic E-state index is 0.386. The molecule has 0 aliphatic heterocycles. The first-order chi connectivity index (χ1) is 9.10. The lowest BCUT2D eigenvalue weighted by Gasteiger charge is -2.26. The van der Waals surface area contributed by atoms with Crippen molar-refractivity contribution in [2.75, 3.05) is 18.5 Å². The van der Waals surface area contributed by atoms with Gasteiger partial charge in [-0.15, -0.1) is 0 Å². The molecule has 0 radical (unpaired) electrons. The van der Waals surface area contributed by atoms with E-state index >= 15 is 0 Å². The largest absolute Gasteiger partial charge is 0.357 e. The van der Waals surface area contributed by atoms with Crippen LogP contribution in [-0.2, 0) is 0 Å². The summed E-state index contributed by atoms with van der Waals surface area (Å²) in [5.41, 5.74) is 1.31. The summed E-state index contributed by atoms with van der Waals surface area (Å²) in [5, 5.41) is 3.52. The Balaban J connectivity index is 2.75. The highest BCUT2D eigenvalue weighted by Gasteiger charge is 2.12. The van der Waals surface area contributed by atoms with Crippen molar-refractivity contribution in [3.05, 3.63) is 23.9 Å². The van der Waals surface area contributed by atoms with E-state index in [9.17, 15) is 0 Å². The van der Waals surface area contributed by atoms with Crippen molar-refractivity contribution >= 4 is 5.82 Å². The summed E-state index contributed by atoms with van der Waals surface area (Å²) < 4.78 is 0. The Hall–Kier alpha value is -1.09. The third-order valence-electron chi connectivity index (χ3n) is 3.70. The molecule has 0 aromatic carbocycles. The molecule has 0 bridgehead atoms. The molecular formula is C16H29N3. The number of hydrogen-bond acceptors (Lipinski definition) is 3. The fourth-order valence-electron chi connectivity index (χ4n) is 2.21. The average Bonchev–Trinajstić information content (AvgIpc) is 2.44. The van der Waals surface area contributed by atoms with Crippen molar-refractivity contribution in [3.63, 3.8) is 0 Å². The van der Waals surface area contributed by atoms with E-state index in [0.717, 1.165) is 18.8 Å². The third-order valence-corrected chi connectivity index (χ3v) is 3.70. The lowest BCUT2D eigenvalue weighted by atomic mass is 10.1. The fourth-order valence-corrected chi connectivity index (χ4v) is 2.21. The van der Waals surface area contributed by atoms with Crippen LogP contribution in [0.5, 0.6) is 0 Å². The summed E-state index contributed by atoms with van der Waals surface area (Å²) in [6.45, 7) is 9.95. The van der Waals surface area contributed by atoms with E-state index in [1.54, 1.807) is 0 Å². The summed E-state index contributed by atoms with van der Waals surface area (Å²) in [4.78, 5) is 6.78. The molecule has 0 saturated heterocycles. The summed E-state index contributed by atoms with van der Waals surface area (Å²) >= 11 is 0. The fraction of sp³-hybridized carbons (Fsp3) is 0.688. The number of hydrogen-bond donors (Lipinski definition) is 1. The van der Waals surface area contributed by atoms with E-state index in [4.69, 9.17) is 0 Å². The van der Waals surface area contributed by atoms with Crippen LogP contribution in [-0.4, -0.2) is 24.6 Å². The monoisotopic (exact) mass is 263 g/mol. The summed E-state index contributed by atoms with van der Waals surface area (Å²) in [6, 6.07) is 5.23. The van der Waals surface area contributed by atoms with Gasteiger partial charge in [-0.25, -0.2) is 4.98 Å². The van der Waals surface area contributed by atoms with Crippen LogP contribution < -0.4 is 10.2 Å². The molecule has 0 aliphatic rings. The molecule has 3 nitrogen and oxygen atoms in total. The van der Waals surface area contributed by atoms with Crippen LogP contribution in [0.15, 0.2) is 18.3 Å². The molecule has 0 amide bonds. The molecule has 2 unspecified atom stereocenters. The van der Waals surface area contributed by atoms with Crippen LogP contribution in [0.3, 0.4) is 0 Å². The molecule has 1 aromatic rings. The number of rotatable bonds is 8. The van der Waals surface area contributed by atoms with Crippen molar-refractivity contribution < 1.29 is 0 Å². The standard InChI is InChI=1S/C16H29N3/c1-6-8-13(3)19(5)16-12-15(9-11-18-16)14(4)17-10-7-2/h9,11-14,17H,6-8,10H2,1-5H3. The molecular weight excluding hydrogens is 234 g/mol. The summed E-state index contributed by atoms with van der Waals surface area (Å²) in [7, 11) is 2.14. The molecule has 1 rings (SSSR count). The molecule has 2 atom stereocenters. The molecule has 3 heteroatoms. The zero-order valence-electron chi connectivity index (χ0n) is 13.1. The first kappa shape index (κ1) is 16.0. The van der Waals surface area contributed by atoms with Gasteiger partial charge in [-0.3, -0.25) is 0 Å². The zero-order valence-corrected chi connectivity index (χ0v) is 13.1. The quantitative estimate of drug-likeness (QED) is 0.774. The molecule has 0 spiro atoms. The third kappa shape index (κ3) is 4.83. The van der Waals surface area contributed by atoms with Crippen LogP contribution in [0, 0.1) is 0 Å². The highest BCUT2D eigenvalue weighted by Crippen LogP contribution is 2.20. The summed E-state index contributed by atoms with van der Waals surface area (Å²) in [6.07, 6.45) is 5.49. The van der Waals surface area contributed by atoms with E-state index in [0.29, 0.717) is 12.1 Å². The van der Waals surface area contributed by atoms with Gasteiger partial charge in [0.15, 0.2) is 0 Å². The predicted molar refractivity (Wildman–Crippen MR) is 83.7 cm³/mol. The van der Waals surface area contributed by atoms with Gasteiger partial charge in [-0.05, 0) is 50.9 Å². The molecule has 108 valence electrons. The smallest absolute Gasteiger partial charge is 0.128 e. The molecule has 19 heavy (non-hydrogen) atoms. The topological polar surface area (TPSA) is 28.2 Å². The predicted octanol–water partition coefficient (Wildman–Crippen LogP) is 3.77. The van der Waals surface area contributed by atoms with Crippen LogP contribution in [0.25, 0.3) is 0 Å². The number of nitrogens with one attached hydrogen (secondary N) is 1. The number of anilines is 1. The lowest BCUT2D eigenvalue weighted by Crippen LogP contribution is -2.29. The van der Waals surface area contributed by atoms with Crippen molar-refractivity contribution in [2.24, 2.45) is 0 Å². The Kier molecular flexibility index (Phi) is 6.85. The highest BCUT2D eigenvalue weighted by atomic mass is 15.2. The zero-order chi connectivity index (χ0) is 14.3. The van der Waals surface area contributed by atoms with Crippen LogP contribution in [0.2, 0.25) is 0 Å². The maximum absolute atomic E-state index is 4.50. The second kappa shape index (κ2) is 8.16. The summed E-state index contributed by atoms with van der Waals surface area (Å²) in [5.74, 6) is 1.07. The molecule has 0 fully saturated rings. The van der Waals surface area contributed by atoms with Gasteiger partial charge >= 0.3 is 0 Å². The van der Waals surface area contributed by atoms with Gasteiger partial charge in [-0.2, -0.15) is 0 Å². The Morgan fingerprint density at radius 2 is 2.00 bits per heavy atom. The molecule has 0 saturated carbocycles. The van der Waals surface area contributed by atoms with Crippen molar-refractivity contribution in [2.45, 2.75) is 59.0 Å². The van der Waals surface area contributed by atoms with E-state index in [2.05, 4.69) is 62.1 Å². The maximum Gasteiger partial charge on any atom is 0.128 e. The molecule has 0 aliphatic carbocycles. The van der Waals surface area contributed by atoms with E-state index < -0.39 is 0 Å². The Bertz CT molecular complexity index is 365. The number of nitrogens with zero attached hydrogens (tertiary/aromatic N) is 2. The molecule has 1 heterocycles. The average molecular weight is 263 g/mol. The Morgan fingerprint density at radius 3 is 2.63 bits per heavy atom. The van der Waals surface area contributed by atoms with Crippen molar-refractivity contribution in [1.29, 1.82) is 0 Å². The van der Waals surface area contributed by atoms with Crippen LogP contribution >= 0.6 is 0 Å². The first-order valence-corrected chi connectivity index (χ1v) is 7.52. The minimum Gasteiger partial charge on any atom is -0.357 e. The first-order valence-electron chi connectivity index (χ1n) is 7.52. The number of pyridine rings is 1. The lowest BCUT2D eigenvalue weighted by molar-refractivity contribution is 0.568. The number of aromatic nitrogens is 1. The van der Waals surface area contributed by atoms with Crippen molar-refractivity contribution in [1.82, 2.24) is 10.3 Å². The van der Waals surface area contributed by atoms with Gasteiger partial charge in [0.05, 0.1) is 0 Å². The van der Waals surface area contributed by atoms with Gasteiger partial charge in [0, 0.05) is 25.3 Å². The van der Waals surface area contributed by atoms with E-state index in [1.807, 2.05) is 6.20 Å². The SMILES string of the molecule is CCCNC(C)c1ccnc(N(C)C(C)CCC)c1. The minimum atomic E-state index is 0.386. The van der Waals surface area contributed by atoms with Crippen LogP contribution in [0.4, 0.5) is 5.82 Å². The normalized spacial score (nSPS) is 14.2. The maximum atomic E-state index is 4.50. The second-order valence-electron chi connectivity index (χ2n) is 5.37. The van der Waals surface area contributed by atoms with E-state index in [-0.39, 0.29) is 0 Å². The molecule has 1 N–H and O–H groups in total. The molecule has 1 aromatic heterocycles. The highest BCUT2D eigenvalue weighted by molar-refractivity contribution is 5.41. The van der Waals surface area contributed by atoms with Gasteiger partial charge in [0.25, 0.3) is 0 Å². The van der Waals surface area contributed by atoms with Crippen LogP contribution in [0.1, 0.15) is 58.6 Å². The Labute approximate surface area is 118 Å². The van der Waals surface area contributed by atoms with E-state index in [1.165, 1.54) is 18.4 Å². The second-order valence-corrected chi connectivity index (χ2v) is 5.37. The Morgan fingerprint density at radius 1 is 1.26 bits per heavy atom. The van der Waals surface area contributed by atoms with Gasteiger partial charge < -0.3 is 10.2 Å². The van der Waals surface area contributed by atoms with Crippen molar-refractivity contribution in [3.8, 4) is 0 Å².